The molecular weight excluding hydrogens is 372 g/mol. The van der Waals surface area contributed by atoms with Crippen molar-refractivity contribution < 1.29 is 14.7 Å². The number of carbonyl (C=O) groups is 2. The van der Waals surface area contributed by atoms with E-state index in [1.807, 2.05) is 18.2 Å². The molecule has 3 rings (SSSR count). The Hall–Kier alpha value is -2.62. The zero-order chi connectivity index (χ0) is 21.9. The minimum atomic E-state index is -0.302. The molecule has 0 spiro atoms. The quantitative estimate of drug-likeness (QED) is 0.333. The van der Waals surface area contributed by atoms with E-state index in [2.05, 4.69) is 48.0 Å². The summed E-state index contributed by atoms with van der Waals surface area (Å²) in [6.45, 7) is 7.94. The van der Waals surface area contributed by atoms with Gasteiger partial charge >= 0.3 is 0 Å². The number of aromatic nitrogens is 2. The van der Waals surface area contributed by atoms with Crippen molar-refractivity contribution >= 4 is 23.1 Å². The maximum absolute atomic E-state index is 11.6. The molecule has 1 aromatic carbocycles. The Kier molecular flexibility index (Phi) is 10.1. The smallest absolute Gasteiger partial charge is 0.223 e. The maximum atomic E-state index is 11.6. The number of benzene rings is 1. The Balaban J connectivity index is 0.000000268. The summed E-state index contributed by atoms with van der Waals surface area (Å²) in [7, 11) is 0. The number of aliphatic hydroxyl groups excluding tert-OH is 1. The molecule has 0 radical (unpaired) electrons. The van der Waals surface area contributed by atoms with Gasteiger partial charge in [-0.05, 0) is 23.5 Å². The molecule has 9 heteroatoms. The topological polar surface area (TPSA) is 147 Å². The lowest BCUT2D eigenvalue weighted by atomic mass is 9.92. The number of rotatable bonds is 4. The summed E-state index contributed by atoms with van der Waals surface area (Å²) in [4.78, 5) is 23.5. The van der Waals surface area contributed by atoms with Crippen LogP contribution in [0.5, 0.6) is 0 Å². The van der Waals surface area contributed by atoms with Gasteiger partial charge in [-0.2, -0.15) is 10.2 Å². The molecule has 1 saturated heterocycles. The van der Waals surface area contributed by atoms with Crippen molar-refractivity contribution in [2.24, 2.45) is 17.1 Å². The lowest BCUT2D eigenvalue weighted by Gasteiger charge is -2.22. The number of nitrogens with two attached hydrogens (primary N) is 2. The standard InChI is InChI=1S/C10H9N3O.C10H19NO2.H4N2/c14-7-11-4-8-1-2-9-5-12-13-6-10(9)3-8;1-10(2,3)6-9(13)11-5-4-8(12)7-11;1-2/h1-3,5-7H,4H2,(H,11,14);8,12H,4-7H2,1-3H3;1-2H2. The highest BCUT2D eigenvalue weighted by molar-refractivity contribution is 5.81. The molecule has 0 bridgehead atoms. The molecule has 1 aromatic heterocycles. The van der Waals surface area contributed by atoms with Crippen molar-refractivity contribution in [3.63, 3.8) is 0 Å². The first-order valence-electron chi connectivity index (χ1n) is 9.44. The van der Waals surface area contributed by atoms with Gasteiger partial charge in [0.2, 0.25) is 12.3 Å². The van der Waals surface area contributed by atoms with E-state index in [9.17, 15) is 14.7 Å². The Bertz CT molecular complexity index is 778. The van der Waals surface area contributed by atoms with Gasteiger partial charge < -0.3 is 15.3 Å². The van der Waals surface area contributed by atoms with Crippen LogP contribution in [0.2, 0.25) is 0 Å². The van der Waals surface area contributed by atoms with Gasteiger partial charge in [-0.3, -0.25) is 21.3 Å². The van der Waals surface area contributed by atoms with Gasteiger partial charge in [-0.1, -0.05) is 32.9 Å². The number of hydrogen-bond acceptors (Lipinski definition) is 7. The maximum Gasteiger partial charge on any atom is 0.223 e. The number of hydrazine groups is 1. The van der Waals surface area contributed by atoms with E-state index in [4.69, 9.17) is 0 Å². The molecule has 2 heterocycles. The van der Waals surface area contributed by atoms with E-state index in [0.717, 1.165) is 29.3 Å². The number of amides is 2. The Morgan fingerprint density at radius 1 is 1.28 bits per heavy atom. The van der Waals surface area contributed by atoms with Crippen LogP contribution in [-0.2, 0) is 16.1 Å². The number of nitrogens with zero attached hydrogens (tertiary/aromatic N) is 3. The van der Waals surface area contributed by atoms with Crippen molar-refractivity contribution in [1.82, 2.24) is 20.4 Å². The molecular formula is C20H32N6O3. The van der Waals surface area contributed by atoms with Crippen LogP contribution >= 0.6 is 0 Å². The highest BCUT2D eigenvalue weighted by Crippen LogP contribution is 2.21. The largest absolute Gasteiger partial charge is 0.391 e. The van der Waals surface area contributed by atoms with Crippen LogP contribution < -0.4 is 17.0 Å². The Morgan fingerprint density at radius 3 is 2.48 bits per heavy atom. The van der Waals surface area contributed by atoms with Gasteiger partial charge in [0.1, 0.15) is 0 Å². The molecule has 2 aromatic rings. The third-order valence-electron chi connectivity index (χ3n) is 4.20. The SMILES string of the molecule is CC(C)(C)CC(=O)N1CCC(O)C1.NN.O=CNCc1ccc2cnncc2c1. The fourth-order valence-corrected chi connectivity index (χ4v) is 2.85. The Labute approximate surface area is 171 Å². The monoisotopic (exact) mass is 404 g/mol. The van der Waals surface area contributed by atoms with Gasteiger partial charge in [0.25, 0.3) is 0 Å². The third kappa shape index (κ3) is 8.95. The molecule has 0 saturated carbocycles. The minimum Gasteiger partial charge on any atom is -0.391 e. The lowest BCUT2D eigenvalue weighted by Crippen LogP contribution is -2.32. The molecule has 29 heavy (non-hydrogen) atoms. The van der Waals surface area contributed by atoms with Gasteiger partial charge in [0.05, 0.1) is 18.5 Å². The highest BCUT2D eigenvalue weighted by Gasteiger charge is 2.27. The van der Waals surface area contributed by atoms with Crippen molar-refractivity contribution in [2.45, 2.75) is 46.3 Å². The van der Waals surface area contributed by atoms with Crippen LogP contribution in [0.4, 0.5) is 0 Å². The normalized spacial score (nSPS) is 15.7. The predicted molar refractivity (Wildman–Crippen MR) is 112 cm³/mol. The number of hydrogen-bond donors (Lipinski definition) is 4. The first-order valence-corrected chi connectivity index (χ1v) is 9.44. The van der Waals surface area contributed by atoms with Crippen LogP contribution in [0.1, 0.15) is 39.2 Å². The van der Waals surface area contributed by atoms with E-state index in [1.54, 1.807) is 17.3 Å². The van der Waals surface area contributed by atoms with E-state index < -0.39 is 0 Å². The lowest BCUT2D eigenvalue weighted by molar-refractivity contribution is -0.132. The molecule has 9 nitrogen and oxygen atoms in total. The molecule has 1 aliphatic heterocycles. The van der Waals surface area contributed by atoms with Gasteiger partial charge in [-0.15, -0.1) is 0 Å². The van der Waals surface area contributed by atoms with E-state index in [1.165, 1.54) is 0 Å². The molecule has 1 atom stereocenters. The fraction of sp³-hybridized carbons (Fsp3) is 0.500. The number of β-amino-alcohol motifs (C(OH)–C–C–N with tert-alkyl or cyclic N) is 1. The van der Waals surface area contributed by atoms with E-state index in [-0.39, 0.29) is 17.4 Å². The van der Waals surface area contributed by atoms with E-state index in [0.29, 0.717) is 25.9 Å². The molecule has 6 N–H and O–H groups in total. The van der Waals surface area contributed by atoms with Crippen LogP contribution in [0.25, 0.3) is 10.8 Å². The molecule has 2 amide bonds. The van der Waals surface area contributed by atoms with Crippen LogP contribution in [0.15, 0.2) is 30.6 Å². The number of fused-ring (bicyclic) bond motifs is 1. The van der Waals surface area contributed by atoms with Gasteiger partial charge in [0, 0.05) is 36.8 Å². The second-order valence-electron chi connectivity index (χ2n) is 7.97. The van der Waals surface area contributed by atoms with Crippen molar-refractivity contribution in [3.05, 3.63) is 36.2 Å². The molecule has 1 fully saturated rings. The minimum absolute atomic E-state index is 0.0463. The highest BCUT2D eigenvalue weighted by atomic mass is 16.3. The molecule has 160 valence electrons. The number of aliphatic hydroxyl groups is 1. The first-order chi connectivity index (χ1) is 13.8. The Morgan fingerprint density at radius 2 is 1.93 bits per heavy atom. The molecule has 1 aliphatic rings. The second-order valence-corrected chi connectivity index (χ2v) is 7.97. The summed E-state index contributed by atoms with van der Waals surface area (Å²) in [5.41, 5.74) is 1.10. The van der Waals surface area contributed by atoms with Crippen LogP contribution in [-0.4, -0.2) is 51.7 Å². The number of nitrogens with one attached hydrogen (secondary N) is 1. The average Bonchev–Trinajstić information content (AvgIpc) is 3.14. The summed E-state index contributed by atoms with van der Waals surface area (Å²) in [5.74, 6) is 8.17. The van der Waals surface area contributed by atoms with Gasteiger partial charge in [0.15, 0.2) is 0 Å². The van der Waals surface area contributed by atoms with E-state index >= 15 is 0 Å². The van der Waals surface area contributed by atoms with Gasteiger partial charge in [-0.25, -0.2) is 0 Å². The third-order valence-corrected chi connectivity index (χ3v) is 4.20. The average molecular weight is 405 g/mol. The number of likely N-dealkylation sites (tertiary alicyclic amines) is 1. The summed E-state index contributed by atoms with van der Waals surface area (Å²) in [6, 6.07) is 5.91. The summed E-state index contributed by atoms with van der Waals surface area (Å²) < 4.78 is 0. The first kappa shape index (κ1) is 24.4. The van der Waals surface area contributed by atoms with Crippen LogP contribution in [0, 0.1) is 5.41 Å². The zero-order valence-corrected chi connectivity index (χ0v) is 17.3. The zero-order valence-electron chi connectivity index (χ0n) is 17.3. The summed E-state index contributed by atoms with van der Waals surface area (Å²) in [6.07, 6.45) is 5.11. The van der Waals surface area contributed by atoms with Crippen molar-refractivity contribution in [3.8, 4) is 0 Å². The second kappa shape index (κ2) is 12.1. The summed E-state index contributed by atoms with van der Waals surface area (Å²) in [5, 5.41) is 21.5. The molecule has 0 aliphatic carbocycles. The fourth-order valence-electron chi connectivity index (χ4n) is 2.85. The number of carbonyl (C=O) groups excluding carboxylic acids is 2. The molecule has 1 unspecified atom stereocenters. The van der Waals surface area contributed by atoms with Crippen molar-refractivity contribution in [2.75, 3.05) is 13.1 Å². The van der Waals surface area contributed by atoms with Crippen molar-refractivity contribution in [1.29, 1.82) is 0 Å². The summed E-state index contributed by atoms with van der Waals surface area (Å²) >= 11 is 0. The predicted octanol–water partition coefficient (Wildman–Crippen LogP) is 0.710. The van der Waals surface area contributed by atoms with Crippen LogP contribution in [0.3, 0.4) is 0 Å².